The van der Waals surface area contributed by atoms with Gasteiger partial charge < -0.3 is 15.5 Å². The molecule has 2 heterocycles. The zero-order chi connectivity index (χ0) is 15.6. The van der Waals surface area contributed by atoms with E-state index in [9.17, 15) is 4.79 Å². The van der Waals surface area contributed by atoms with Gasteiger partial charge >= 0.3 is 0 Å². The lowest BCUT2D eigenvalue weighted by molar-refractivity contribution is 0.0944. The fourth-order valence-corrected chi connectivity index (χ4v) is 4.07. The molecule has 2 rings (SSSR count). The molecule has 0 atom stereocenters. The van der Waals surface area contributed by atoms with Gasteiger partial charge in [0.1, 0.15) is 0 Å². The fourth-order valence-electron chi connectivity index (χ4n) is 2.85. The second-order valence-electron chi connectivity index (χ2n) is 6.58. The smallest absolute Gasteiger partial charge is 0.177 e. The van der Waals surface area contributed by atoms with Gasteiger partial charge in [0.15, 0.2) is 5.78 Å². The van der Waals surface area contributed by atoms with Crippen LogP contribution in [0.15, 0.2) is 6.07 Å². The van der Waals surface area contributed by atoms with Gasteiger partial charge in [0.05, 0.1) is 15.6 Å². The monoisotopic (exact) mass is 309 g/mol. The summed E-state index contributed by atoms with van der Waals surface area (Å²) in [6.45, 7) is 7.14. The SMILES string of the molecule is CC(C)C(=O)c1sc(N2CCC(CN(C)C)CC2)cc1N. The Balaban J connectivity index is 2.01. The first-order chi connectivity index (χ1) is 9.88. The minimum absolute atomic E-state index is 0.00428. The molecular formula is C16H27N3OS. The molecule has 1 aromatic heterocycles. The average molecular weight is 309 g/mol. The molecule has 1 fully saturated rings. The van der Waals surface area contributed by atoms with E-state index in [-0.39, 0.29) is 11.7 Å². The van der Waals surface area contributed by atoms with Crippen molar-refractivity contribution in [2.24, 2.45) is 11.8 Å². The van der Waals surface area contributed by atoms with Crippen LogP contribution in [-0.2, 0) is 0 Å². The van der Waals surface area contributed by atoms with Gasteiger partial charge in [0.2, 0.25) is 0 Å². The van der Waals surface area contributed by atoms with E-state index in [2.05, 4.69) is 23.9 Å². The standard InChI is InChI=1S/C16H27N3OS/c1-11(2)15(20)16-13(17)9-14(21-16)19-7-5-12(6-8-19)10-18(3)4/h9,11-12H,5-8,10,17H2,1-4H3. The van der Waals surface area contributed by atoms with Crippen LogP contribution in [-0.4, -0.2) is 44.4 Å². The van der Waals surface area contributed by atoms with Crippen molar-refractivity contribution in [2.75, 3.05) is 44.4 Å². The largest absolute Gasteiger partial charge is 0.397 e. The maximum absolute atomic E-state index is 12.1. The first-order valence-corrected chi connectivity index (χ1v) is 8.53. The van der Waals surface area contributed by atoms with Gasteiger partial charge in [-0.3, -0.25) is 4.79 Å². The van der Waals surface area contributed by atoms with E-state index in [4.69, 9.17) is 5.73 Å². The van der Waals surface area contributed by atoms with Crippen molar-refractivity contribution in [2.45, 2.75) is 26.7 Å². The van der Waals surface area contributed by atoms with Gasteiger partial charge in [0.25, 0.3) is 0 Å². The molecule has 0 radical (unpaired) electrons. The molecule has 118 valence electrons. The summed E-state index contributed by atoms with van der Waals surface area (Å²) in [4.78, 5) is 17.5. The van der Waals surface area contributed by atoms with E-state index < -0.39 is 0 Å². The number of hydrogen-bond acceptors (Lipinski definition) is 5. The number of anilines is 2. The fraction of sp³-hybridized carbons (Fsp3) is 0.688. The second-order valence-corrected chi connectivity index (χ2v) is 7.61. The molecule has 1 saturated heterocycles. The Bertz CT molecular complexity index is 488. The number of Topliss-reactive ketones (excluding diaryl/α,β-unsaturated/α-hetero) is 1. The predicted octanol–water partition coefficient (Wildman–Crippen LogP) is 2.95. The summed E-state index contributed by atoms with van der Waals surface area (Å²) >= 11 is 1.56. The van der Waals surface area contributed by atoms with Crippen LogP contribution in [0.1, 0.15) is 36.4 Å². The normalized spacial score (nSPS) is 17.0. The Labute approximate surface area is 131 Å². The summed E-state index contributed by atoms with van der Waals surface area (Å²) in [5.41, 5.74) is 6.68. The lowest BCUT2D eigenvalue weighted by atomic mass is 9.96. The highest BCUT2D eigenvalue weighted by Crippen LogP contribution is 2.35. The van der Waals surface area contributed by atoms with Crippen molar-refractivity contribution in [3.8, 4) is 0 Å². The number of piperidine rings is 1. The van der Waals surface area contributed by atoms with E-state index >= 15 is 0 Å². The van der Waals surface area contributed by atoms with Gasteiger partial charge in [-0.15, -0.1) is 11.3 Å². The molecule has 5 heteroatoms. The van der Waals surface area contributed by atoms with Gasteiger partial charge in [0, 0.05) is 25.6 Å². The van der Waals surface area contributed by atoms with E-state index in [0.29, 0.717) is 5.69 Å². The van der Waals surface area contributed by atoms with Crippen LogP contribution in [0.25, 0.3) is 0 Å². The third kappa shape index (κ3) is 3.98. The highest BCUT2D eigenvalue weighted by Gasteiger charge is 2.24. The molecule has 0 amide bonds. The molecule has 0 spiro atoms. The summed E-state index contributed by atoms with van der Waals surface area (Å²) in [7, 11) is 4.27. The Kier molecular flexibility index (Phi) is 5.27. The van der Waals surface area contributed by atoms with Crippen LogP contribution in [0.2, 0.25) is 0 Å². The number of ketones is 1. The Morgan fingerprint density at radius 1 is 1.43 bits per heavy atom. The maximum Gasteiger partial charge on any atom is 0.177 e. The summed E-state index contributed by atoms with van der Waals surface area (Å²) in [5, 5.41) is 1.15. The zero-order valence-corrected chi connectivity index (χ0v) is 14.4. The number of nitrogens with zero attached hydrogens (tertiary/aromatic N) is 2. The summed E-state index contributed by atoms with van der Waals surface area (Å²) in [6, 6.07) is 1.98. The molecule has 0 unspecified atom stereocenters. The quantitative estimate of drug-likeness (QED) is 0.850. The van der Waals surface area contributed by atoms with Crippen LogP contribution >= 0.6 is 11.3 Å². The maximum atomic E-state index is 12.1. The molecule has 1 aromatic rings. The van der Waals surface area contributed by atoms with E-state index in [1.807, 2.05) is 19.9 Å². The molecule has 2 N–H and O–H groups in total. The zero-order valence-electron chi connectivity index (χ0n) is 13.6. The van der Waals surface area contributed by atoms with Crippen LogP contribution in [0.4, 0.5) is 10.7 Å². The van der Waals surface area contributed by atoms with Crippen LogP contribution < -0.4 is 10.6 Å². The molecule has 21 heavy (non-hydrogen) atoms. The second kappa shape index (κ2) is 6.79. The van der Waals surface area contributed by atoms with Gasteiger partial charge in [-0.2, -0.15) is 0 Å². The first kappa shape index (κ1) is 16.3. The number of hydrogen-bond donors (Lipinski definition) is 1. The number of rotatable bonds is 5. The van der Waals surface area contributed by atoms with Crippen molar-refractivity contribution < 1.29 is 4.79 Å². The molecule has 0 aliphatic carbocycles. The topological polar surface area (TPSA) is 49.6 Å². The van der Waals surface area contributed by atoms with Crippen LogP contribution in [0, 0.1) is 11.8 Å². The molecular weight excluding hydrogens is 282 g/mol. The first-order valence-electron chi connectivity index (χ1n) is 7.71. The molecule has 0 saturated carbocycles. The Hall–Kier alpha value is -1.07. The molecule has 1 aliphatic heterocycles. The Morgan fingerprint density at radius 3 is 2.57 bits per heavy atom. The third-order valence-corrected chi connectivity index (χ3v) is 5.27. The third-order valence-electron chi connectivity index (χ3n) is 4.05. The van der Waals surface area contributed by atoms with Crippen molar-refractivity contribution in [3.63, 3.8) is 0 Å². The van der Waals surface area contributed by atoms with Crippen molar-refractivity contribution in [1.82, 2.24) is 4.90 Å². The van der Waals surface area contributed by atoms with Gasteiger partial charge in [-0.25, -0.2) is 0 Å². The van der Waals surface area contributed by atoms with Crippen LogP contribution in [0.5, 0.6) is 0 Å². The van der Waals surface area contributed by atoms with E-state index in [1.54, 1.807) is 11.3 Å². The predicted molar refractivity (Wildman–Crippen MR) is 91.4 cm³/mol. The van der Waals surface area contributed by atoms with Crippen molar-refractivity contribution in [1.29, 1.82) is 0 Å². The summed E-state index contributed by atoms with van der Waals surface area (Å²) in [5.74, 6) is 0.946. The minimum Gasteiger partial charge on any atom is -0.397 e. The molecule has 0 bridgehead atoms. The summed E-state index contributed by atoms with van der Waals surface area (Å²) in [6.07, 6.45) is 2.42. The molecule has 4 nitrogen and oxygen atoms in total. The number of thiophene rings is 1. The highest BCUT2D eigenvalue weighted by atomic mass is 32.1. The van der Waals surface area contributed by atoms with E-state index in [0.717, 1.165) is 35.4 Å². The van der Waals surface area contributed by atoms with Gasteiger partial charge in [-0.05, 0) is 38.9 Å². The average Bonchev–Trinajstić information content (AvgIpc) is 2.80. The van der Waals surface area contributed by atoms with Crippen molar-refractivity contribution in [3.05, 3.63) is 10.9 Å². The van der Waals surface area contributed by atoms with Gasteiger partial charge in [-0.1, -0.05) is 13.8 Å². The highest BCUT2D eigenvalue weighted by molar-refractivity contribution is 7.18. The number of carbonyl (C=O) groups excluding carboxylic acids is 1. The number of carbonyl (C=O) groups is 1. The lowest BCUT2D eigenvalue weighted by Crippen LogP contribution is -2.36. The van der Waals surface area contributed by atoms with Crippen molar-refractivity contribution >= 4 is 27.8 Å². The molecule has 1 aliphatic rings. The minimum atomic E-state index is 0.00428. The number of nitrogen functional groups attached to an aromatic ring is 1. The van der Waals surface area contributed by atoms with E-state index in [1.165, 1.54) is 12.8 Å². The lowest BCUT2D eigenvalue weighted by Gasteiger charge is -2.33. The summed E-state index contributed by atoms with van der Waals surface area (Å²) < 4.78 is 0. The molecule has 0 aromatic carbocycles. The van der Waals surface area contributed by atoms with Crippen LogP contribution in [0.3, 0.4) is 0 Å². The number of nitrogens with two attached hydrogens (primary N) is 1. The Morgan fingerprint density at radius 2 is 2.05 bits per heavy atom.